The minimum atomic E-state index is -1.88. The third kappa shape index (κ3) is 5.27. The van der Waals surface area contributed by atoms with Gasteiger partial charge in [-0.2, -0.15) is 8.78 Å². The van der Waals surface area contributed by atoms with Gasteiger partial charge in [0, 0.05) is 12.0 Å². The molecule has 0 bridgehead atoms. The molecule has 5 nitrogen and oxygen atoms in total. The van der Waals surface area contributed by atoms with Gasteiger partial charge >= 0.3 is 12.1 Å². The molecule has 1 aliphatic rings. The number of hydrogen-bond donors (Lipinski definition) is 0. The van der Waals surface area contributed by atoms with Crippen molar-refractivity contribution in [3.05, 3.63) is 47.5 Å². The van der Waals surface area contributed by atoms with Gasteiger partial charge in [0.1, 0.15) is 18.2 Å². The summed E-state index contributed by atoms with van der Waals surface area (Å²) in [5.74, 6) is -0.731. The molecule has 1 aliphatic heterocycles. The molecular weight excluding hydrogens is 332 g/mol. The van der Waals surface area contributed by atoms with E-state index in [-0.39, 0.29) is 25.1 Å². The van der Waals surface area contributed by atoms with Crippen LogP contribution in [0.5, 0.6) is 0 Å². The summed E-state index contributed by atoms with van der Waals surface area (Å²) >= 11 is 0. The van der Waals surface area contributed by atoms with Gasteiger partial charge in [-0.25, -0.2) is 9.59 Å². The first-order valence-electron chi connectivity index (χ1n) is 7.90. The van der Waals surface area contributed by atoms with Gasteiger partial charge in [-0.1, -0.05) is 30.3 Å². The van der Waals surface area contributed by atoms with Gasteiger partial charge in [-0.3, -0.25) is 4.90 Å². The molecule has 1 fully saturated rings. The SMILES string of the molecule is CC(C)(C)OC(=O)N1CC(=C(F)F)C[C@H]1C(=O)OCc1ccccc1. The molecule has 0 saturated carbocycles. The van der Waals surface area contributed by atoms with Crippen molar-refractivity contribution in [2.45, 2.75) is 45.4 Å². The number of nitrogens with zero attached hydrogens (tertiary/aromatic N) is 1. The number of carbonyl (C=O) groups is 2. The summed E-state index contributed by atoms with van der Waals surface area (Å²) in [6.07, 6.45) is -2.95. The molecular formula is C18H21F2NO4. The average molecular weight is 353 g/mol. The molecule has 1 heterocycles. The third-order valence-corrected chi connectivity index (χ3v) is 3.57. The van der Waals surface area contributed by atoms with Gasteiger partial charge in [0.05, 0.1) is 6.54 Å². The van der Waals surface area contributed by atoms with Gasteiger partial charge in [0.15, 0.2) is 0 Å². The third-order valence-electron chi connectivity index (χ3n) is 3.57. The van der Waals surface area contributed by atoms with Gasteiger partial charge in [0.25, 0.3) is 6.08 Å². The fraction of sp³-hybridized carbons (Fsp3) is 0.444. The molecule has 0 radical (unpaired) electrons. The zero-order valence-electron chi connectivity index (χ0n) is 14.4. The Morgan fingerprint density at radius 1 is 1.20 bits per heavy atom. The molecule has 0 spiro atoms. The quantitative estimate of drug-likeness (QED) is 0.774. The molecule has 1 atom stereocenters. The number of benzene rings is 1. The molecule has 0 unspecified atom stereocenters. The second-order valence-electron chi connectivity index (χ2n) is 6.79. The highest BCUT2D eigenvalue weighted by molar-refractivity contribution is 5.83. The summed E-state index contributed by atoms with van der Waals surface area (Å²) in [7, 11) is 0. The predicted molar refractivity (Wildman–Crippen MR) is 86.8 cm³/mol. The van der Waals surface area contributed by atoms with Crippen LogP contribution >= 0.6 is 0 Å². The standard InChI is InChI=1S/C18H21F2NO4/c1-18(2,3)25-17(23)21-10-13(15(19)20)9-14(21)16(22)24-11-12-7-5-4-6-8-12/h4-8,14H,9-11H2,1-3H3/t14-/m0/s1. The van der Waals surface area contributed by atoms with E-state index in [2.05, 4.69) is 0 Å². The second kappa shape index (κ2) is 7.63. The van der Waals surface area contributed by atoms with Gasteiger partial charge < -0.3 is 9.47 Å². The van der Waals surface area contributed by atoms with Crippen LogP contribution in [0.25, 0.3) is 0 Å². The van der Waals surface area contributed by atoms with Crippen LogP contribution in [0.4, 0.5) is 13.6 Å². The lowest BCUT2D eigenvalue weighted by atomic mass is 10.1. The van der Waals surface area contributed by atoms with E-state index in [1.54, 1.807) is 45.0 Å². The zero-order valence-corrected chi connectivity index (χ0v) is 14.4. The summed E-state index contributed by atoms with van der Waals surface area (Å²) in [6, 6.07) is 7.86. The van der Waals surface area contributed by atoms with Crippen LogP contribution in [-0.2, 0) is 20.9 Å². The maximum absolute atomic E-state index is 13.0. The monoisotopic (exact) mass is 353 g/mol. The molecule has 0 aliphatic carbocycles. The first-order chi connectivity index (χ1) is 11.7. The highest BCUT2D eigenvalue weighted by Crippen LogP contribution is 2.29. The lowest BCUT2D eigenvalue weighted by Crippen LogP contribution is -2.44. The first kappa shape index (κ1) is 18.9. The number of ether oxygens (including phenoxy) is 2. The number of halogens is 2. The maximum Gasteiger partial charge on any atom is 0.411 e. The Labute approximate surface area is 145 Å². The molecule has 1 aromatic rings. The summed E-state index contributed by atoms with van der Waals surface area (Å²) in [6.45, 7) is 4.65. The lowest BCUT2D eigenvalue weighted by molar-refractivity contribution is -0.150. The highest BCUT2D eigenvalue weighted by atomic mass is 19.3. The van der Waals surface area contributed by atoms with Crippen molar-refractivity contribution < 1.29 is 27.8 Å². The fourth-order valence-electron chi connectivity index (χ4n) is 2.41. The lowest BCUT2D eigenvalue weighted by Gasteiger charge is -2.27. The van der Waals surface area contributed by atoms with Crippen molar-refractivity contribution in [2.75, 3.05) is 6.54 Å². The maximum atomic E-state index is 13.0. The first-order valence-corrected chi connectivity index (χ1v) is 7.90. The van der Waals surface area contributed by atoms with Crippen molar-refractivity contribution in [3.63, 3.8) is 0 Å². The van der Waals surface area contributed by atoms with Crippen molar-refractivity contribution in [3.8, 4) is 0 Å². The summed E-state index contributed by atoms with van der Waals surface area (Å²) in [5.41, 5.74) is -0.284. The van der Waals surface area contributed by atoms with Crippen LogP contribution < -0.4 is 0 Å². The largest absolute Gasteiger partial charge is 0.459 e. The molecule has 136 valence electrons. The van der Waals surface area contributed by atoms with E-state index in [0.29, 0.717) is 0 Å². The molecule has 1 saturated heterocycles. The van der Waals surface area contributed by atoms with Crippen LogP contribution in [0.15, 0.2) is 42.0 Å². The molecule has 2 rings (SSSR count). The molecule has 0 N–H and O–H groups in total. The Morgan fingerprint density at radius 2 is 1.84 bits per heavy atom. The molecule has 25 heavy (non-hydrogen) atoms. The zero-order chi connectivity index (χ0) is 18.6. The van der Waals surface area contributed by atoms with Crippen molar-refractivity contribution >= 4 is 12.1 Å². The van der Waals surface area contributed by atoms with Crippen LogP contribution in [0.1, 0.15) is 32.8 Å². The number of esters is 1. The van der Waals surface area contributed by atoms with Crippen molar-refractivity contribution in [1.29, 1.82) is 0 Å². The van der Waals surface area contributed by atoms with E-state index in [1.165, 1.54) is 0 Å². The minimum absolute atomic E-state index is 0.00941. The van der Waals surface area contributed by atoms with E-state index in [9.17, 15) is 18.4 Å². The van der Waals surface area contributed by atoms with Crippen molar-refractivity contribution in [1.82, 2.24) is 4.90 Å². The van der Waals surface area contributed by atoms with E-state index in [4.69, 9.17) is 9.47 Å². The number of rotatable bonds is 3. The van der Waals surface area contributed by atoms with E-state index in [0.717, 1.165) is 10.5 Å². The highest BCUT2D eigenvalue weighted by Gasteiger charge is 2.41. The van der Waals surface area contributed by atoms with Crippen molar-refractivity contribution in [2.24, 2.45) is 0 Å². The van der Waals surface area contributed by atoms with E-state index < -0.39 is 29.8 Å². The number of likely N-dealkylation sites (tertiary alicyclic amines) is 1. The number of carbonyl (C=O) groups excluding carboxylic acids is 2. The molecule has 0 aromatic heterocycles. The Bertz CT molecular complexity index is 663. The fourth-order valence-corrected chi connectivity index (χ4v) is 2.41. The van der Waals surface area contributed by atoms with Gasteiger partial charge in [-0.15, -0.1) is 0 Å². The average Bonchev–Trinajstić information content (AvgIpc) is 2.98. The molecule has 1 amide bonds. The summed E-state index contributed by atoms with van der Waals surface area (Å²) in [5, 5.41) is 0. The number of amides is 1. The minimum Gasteiger partial charge on any atom is -0.459 e. The Hall–Kier alpha value is -2.44. The number of hydrogen-bond acceptors (Lipinski definition) is 4. The van der Waals surface area contributed by atoms with E-state index >= 15 is 0 Å². The molecule has 7 heteroatoms. The predicted octanol–water partition coefficient (Wildman–Crippen LogP) is 3.89. The second-order valence-corrected chi connectivity index (χ2v) is 6.79. The Kier molecular flexibility index (Phi) is 5.77. The summed E-state index contributed by atoms with van der Waals surface area (Å²) < 4.78 is 36.3. The van der Waals surface area contributed by atoms with Crippen LogP contribution in [-0.4, -0.2) is 35.2 Å². The smallest absolute Gasteiger partial charge is 0.411 e. The van der Waals surface area contributed by atoms with Crippen LogP contribution in [0.3, 0.4) is 0 Å². The van der Waals surface area contributed by atoms with Crippen LogP contribution in [0.2, 0.25) is 0 Å². The van der Waals surface area contributed by atoms with E-state index in [1.807, 2.05) is 6.07 Å². The van der Waals surface area contributed by atoms with Crippen LogP contribution in [0, 0.1) is 0 Å². The van der Waals surface area contributed by atoms with Gasteiger partial charge in [-0.05, 0) is 26.3 Å². The Morgan fingerprint density at radius 3 is 2.40 bits per heavy atom. The molecule has 1 aromatic carbocycles. The van der Waals surface area contributed by atoms with Gasteiger partial charge in [0.2, 0.25) is 0 Å². The normalized spacial score (nSPS) is 17.4. The topological polar surface area (TPSA) is 55.8 Å². The summed E-state index contributed by atoms with van der Waals surface area (Å²) in [4.78, 5) is 25.6. The Balaban J connectivity index is 2.09.